The van der Waals surface area contributed by atoms with Crippen molar-refractivity contribution in [2.75, 3.05) is 5.73 Å². The summed E-state index contributed by atoms with van der Waals surface area (Å²) in [5.41, 5.74) is 10.5. The molecule has 0 fully saturated rings. The van der Waals surface area contributed by atoms with Gasteiger partial charge >= 0.3 is 0 Å². The number of nitrogens with zero attached hydrogens (tertiary/aromatic N) is 2. The van der Waals surface area contributed by atoms with Crippen LogP contribution in [0.15, 0.2) is 30.3 Å². The Hall–Kier alpha value is -2.16. The summed E-state index contributed by atoms with van der Waals surface area (Å²) in [5, 5.41) is 2.07. The van der Waals surface area contributed by atoms with Crippen molar-refractivity contribution < 1.29 is 0 Å². The molecule has 2 N–H and O–H groups in total. The smallest absolute Gasteiger partial charge is 0.0988 e. The summed E-state index contributed by atoms with van der Waals surface area (Å²) >= 11 is 0. The van der Waals surface area contributed by atoms with E-state index >= 15 is 0 Å². The summed E-state index contributed by atoms with van der Waals surface area (Å²) in [6.45, 7) is 3.93. The number of aryl methyl sites for hydroxylation is 2. The van der Waals surface area contributed by atoms with Crippen LogP contribution in [0, 0.1) is 13.8 Å². The molecule has 0 saturated carbocycles. The molecule has 3 heteroatoms. The SMILES string of the molecule is Cc1ccc2ccc3c(N)cc(C)nc3c2n1. The molecule has 0 atom stereocenters. The molecule has 0 spiro atoms. The fraction of sp³-hybridized carbons (Fsp3) is 0.143. The lowest BCUT2D eigenvalue weighted by Gasteiger charge is -2.06. The second-order valence-corrected chi connectivity index (χ2v) is 4.34. The Morgan fingerprint density at radius 1 is 0.882 bits per heavy atom. The van der Waals surface area contributed by atoms with Crippen LogP contribution < -0.4 is 5.73 Å². The van der Waals surface area contributed by atoms with Crippen LogP contribution in [0.2, 0.25) is 0 Å². The van der Waals surface area contributed by atoms with Crippen LogP contribution in [0.1, 0.15) is 11.4 Å². The first-order valence-electron chi connectivity index (χ1n) is 5.58. The molecule has 0 radical (unpaired) electrons. The van der Waals surface area contributed by atoms with Gasteiger partial charge in [-0.15, -0.1) is 0 Å². The van der Waals surface area contributed by atoms with Crippen molar-refractivity contribution in [2.24, 2.45) is 0 Å². The molecular weight excluding hydrogens is 210 g/mol. The van der Waals surface area contributed by atoms with Crippen molar-refractivity contribution >= 4 is 27.5 Å². The normalized spacial score (nSPS) is 11.2. The van der Waals surface area contributed by atoms with E-state index in [-0.39, 0.29) is 0 Å². The highest BCUT2D eigenvalue weighted by Crippen LogP contribution is 2.26. The minimum atomic E-state index is 0.762. The van der Waals surface area contributed by atoms with Gasteiger partial charge in [0.25, 0.3) is 0 Å². The molecule has 0 aliphatic rings. The molecular formula is C14H13N3. The monoisotopic (exact) mass is 223 g/mol. The average Bonchev–Trinajstić information content (AvgIpc) is 2.28. The van der Waals surface area contributed by atoms with E-state index in [1.54, 1.807) is 0 Å². The molecule has 0 aliphatic heterocycles. The van der Waals surface area contributed by atoms with E-state index in [0.29, 0.717) is 0 Å². The number of rotatable bonds is 0. The van der Waals surface area contributed by atoms with Crippen molar-refractivity contribution in [2.45, 2.75) is 13.8 Å². The van der Waals surface area contributed by atoms with E-state index < -0.39 is 0 Å². The van der Waals surface area contributed by atoms with E-state index in [0.717, 1.165) is 38.9 Å². The number of nitrogens with two attached hydrogens (primary N) is 1. The van der Waals surface area contributed by atoms with E-state index in [4.69, 9.17) is 5.73 Å². The minimum absolute atomic E-state index is 0.762. The summed E-state index contributed by atoms with van der Waals surface area (Å²) in [6, 6.07) is 10.0. The maximum absolute atomic E-state index is 6.02. The van der Waals surface area contributed by atoms with Crippen molar-refractivity contribution in [3.63, 3.8) is 0 Å². The van der Waals surface area contributed by atoms with Gasteiger partial charge in [-0.05, 0) is 32.0 Å². The van der Waals surface area contributed by atoms with Gasteiger partial charge in [0.05, 0.1) is 11.0 Å². The van der Waals surface area contributed by atoms with Gasteiger partial charge in [0, 0.05) is 27.8 Å². The molecule has 2 aromatic heterocycles. The highest BCUT2D eigenvalue weighted by molar-refractivity contribution is 6.06. The van der Waals surface area contributed by atoms with E-state index in [2.05, 4.69) is 16.0 Å². The summed E-state index contributed by atoms with van der Waals surface area (Å²) in [4.78, 5) is 9.13. The lowest BCUT2D eigenvalue weighted by atomic mass is 10.1. The van der Waals surface area contributed by atoms with Crippen LogP contribution in [0.4, 0.5) is 5.69 Å². The molecule has 0 aliphatic carbocycles. The first kappa shape index (κ1) is 10.0. The van der Waals surface area contributed by atoms with Gasteiger partial charge < -0.3 is 5.73 Å². The maximum Gasteiger partial charge on any atom is 0.0988 e. The number of fused-ring (bicyclic) bond motifs is 3. The van der Waals surface area contributed by atoms with Crippen molar-refractivity contribution in [3.05, 3.63) is 41.7 Å². The third-order valence-electron chi connectivity index (χ3n) is 2.94. The van der Waals surface area contributed by atoms with Crippen LogP contribution in [0.3, 0.4) is 0 Å². The number of anilines is 1. The highest BCUT2D eigenvalue weighted by atomic mass is 14.8. The fourth-order valence-electron chi connectivity index (χ4n) is 2.13. The molecule has 0 amide bonds. The molecule has 3 aromatic rings. The number of aromatic nitrogens is 2. The first-order valence-corrected chi connectivity index (χ1v) is 5.58. The predicted molar refractivity (Wildman–Crippen MR) is 70.9 cm³/mol. The van der Waals surface area contributed by atoms with Crippen LogP contribution in [0.5, 0.6) is 0 Å². The number of nitrogen functional groups attached to an aromatic ring is 1. The molecule has 0 saturated heterocycles. The van der Waals surface area contributed by atoms with Gasteiger partial charge in [0.15, 0.2) is 0 Å². The Labute approximate surface area is 99.3 Å². The fourth-order valence-corrected chi connectivity index (χ4v) is 2.13. The molecule has 17 heavy (non-hydrogen) atoms. The Morgan fingerprint density at radius 2 is 1.59 bits per heavy atom. The zero-order valence-electron chi connectivity index (χ0n) is 9.86. The molecule has 0 unspecified atom stereocenters. The second kappa shape index (κ2) is 3.42. The number of hydrogen-bond acceptors (Lipinski definition) is 3. The molecule has 2 heterocycles. The van der Waals surface area contributed by atoms with Gasteiger partial charge in [0.2, 0.25) is 0 Å². The third-order valence-corrected chi connectivity index (χ3v) is 2.94. The summed E-state index contributed by atoms with van der Waals surface area (Å²) in [5.74, 6) is 0. The van der Waals surface area contributed by atoms with Crippen molar-refractivity contribution in [1.82, 2.24) is 9.97 Å². The number of benzene rings is 1. The number of pyridine rings is 2. The second-order valence-electron chi connectivity index (χ2n) is 4.34. The average molecular weight is 223 g/mol. The van der Waals surface area contributed by atoms with Gasteiger partial charge in [0.1, 0.15) is 0 Å². The Balaban J connectivity index is 2.58. The van der Waals surface area contributed by atoms with Gasteiger partial charge in [-0.3, -0.25) is 9.97 Å². The zero-order valence-corrected chi connectivity index (χ0v) is 9.86. The molecule has 0 bridgehead atoms. The standard InChI is InChI=1S/C14H13N3/c1-8-3-4-10-5-6-11-12(15)7-9(2)17-14(11)13(10)16-8/h3-7H,1-2H3,(H2,15,17). The Bertz CT molecular complexity index is 732. The minimum Gasteiger partial charge on any atom is -0.398 e. The first-order chi connectivity index (χ1) is 8.15. The molecule has 3 rings (SSSR count). The zero-order chi connectivity index (χ0) is 12.0. The van der Waals surface area contributed by atoms with Gasteiger partial charge in [-0.25, -0.2) is 0 Å². The van der Waals surface area contributed by atoms with Gasteiger partial charge in [-0.1, -0.05) is 12.1 Å². The Kier molecular flexibility index (Phi) is 2.01. The lowest BCUT2D eigenvalue weighted by molar-refractivity contribution is 1.23. The quantitative estimate of drug-likeness (QED) is 0.596. The molecule has 3 nitrogen and oxygen atoms in total. The summed E-state index contributed by atoms with van der Waals surface area (Å²) in [7, 11) is 0. The maximum atomic E-state index is 6.02. The van der Waals surface area contributed by atoms with Crippen LogP contribution in [0.25, 0.3) is 21.8 Å². The Morgan fingerprint density at radius 3 is 2.41 bits per heavy atom. The van der Waals surface area contributed by atoms with Crippen LogP contribution in [-0.2, 0) is 0 Å². The van der Waals surface area contributed by atoms with Crippen LogP contribution >= 0.6 is 0 Å². The summed E-state index contributed by atoms with van der Waals surface area (Å²) in [6.07, 6.45) is 0. The molecule has 84 valence electrons. The predicted octanol–water partition coefficient (Wildman–Crippen LogP) is 2.98. The summed E-state index contributed by atoms with van der Waals surface area (Å²) < 4.78 is 0. The topological polar surface area (TPSA) is 51.8 Å². The van der Waals surface area contributed by atoms with Crippen molar-refractivity contribution in [1.29, 1.82) is 0 Å². The largest absolute Gasteiger partial charge is 0.398 e. The van der Waals surface area contributed by atoms with Crippen LogP contribution in [-0.4, -0.2) is 9.97 Å². The van der Waals surface area contributed by atoms with Gasteiger partial charge in [-0.2, -0.15) is 0 Å². The molecule has 1 aromatic carbocycles. The van der Waals surface area contributed by atoms with Crippen molar-refractivity contribution in [3.8, 4) is 0 Å². The number of hydrogen-bond donors (Lipinski definition) is 1. The van der Waals surface area contributed by atoms with E-state index in [1.165, 1.54) is 0 Å². The highest BCUT2D eigenvalue weighted by Gasteiger charge is 2.06. The lowest BCUT2D eigenvalue weighted by Crippen LogP contribution is -1.94. The third kappa shape index (κ3) is 1.51. The van der Waals surface area contributed by atoms with E-state index in [9.17, 15) is 0 Å². The van der Waals surface area contributed by atoms with E-state index in [1.807, 2.05) is 38.1 Å².